The Morgan fingerprint density at radius 2 is 2.10 bits per heavy atom. The number of unbranched alkanes of at least 4 members (excludes halogenated alkanes) is 1. The molecule has 2 aromatic rings. The molecule has 0 spiro atoms. The molecular weight excluding hydrogens is 394 g/mol. The maximum Gasteiger partial charge on any atom is 0.230 e. The van der Waals surface area contributed by atoms with E-state index in [1.807, 2.05) is 0 Å². The minimum Gasteiger partial charge on any atom is -0.349 e. The topological polar surface area (TPSA) is 63.1 Å². The van der Waals surface area contributed by atoms with E-state index in [0.29, 0.717) is 5.75 Å². The van der Waals surface area contributed by atoms with Gasteiger partial charge < -0.3 is 9.88 Å². The van der Waals surface area contributed by atoms with Crippen LogP contribution in [-0.2, 0) is 17.8 Å². The summed E-state index contributed by atoms with van der Waals surface area (Å²) in [7, 11) is 4.16. The number of hydrogen-bond donors (Lipinski definition) is 1. The Bertz CT molecular complexity index is 835. The molecule has 1 aliphatic rings. The number of carbonyl (C=O) groups is 1. The Labute approximate surface area is 184 Å². The van der Waals surface area contributed by atoms with Crippen molar-refractivity contribution in [1.82, 2.24) is 25.0 Å². The van der Waals surface area contributed by atoms with E-state index >= 15 is 0 Å². The van der Waals surface area contributed by atoms with Crippen LogP contribution in [0.1, 0.15) is 75.0 Å². The lowest BCUT2D eigenvalue weighted by molar-refractivity contribution is -0.119. The molecule has 0 aliphatic heterocycles. The standard InChI is InChI=1S/C23H35N5OS/c1-5-7-15-28-22(20(6-2)27(3)4)25-26-23(28)30-16-21(29)24-19-14-10-12-17-11-8-9-13-18(17)19/h8-9,11,13,19-20H,5-7,10,12,14-16H2,1-4H3,(H,24,29)/t19-,20-/m0/s1. The molecule has 0 bridgehead atoms. The van der Waals surface area contributed by atoms with Gasteiger partial charge in [-0.15, -0.1) is 10.2 Å². The Balaban J connectivity index is 1.66. The number of aryl methyl sites for hydroxylation is 1. The largest absolute Gasteiger partial charge is 0.349 e. The first kappa shape index (κ1) is 22.8. The summed E-state index contributed by atoms with van der Waals surface area (Å²) in [5.41, 5.74) is 2.63. The summed E-state index contributed by atoms with van der Waals surface area (Å²) >= 11 is 1.49. The Hall–Kier alpha value is -1.86. The van der Waals surface area contributed by atoms with Crippen LogP contribution in [0.25, 0.3) is 0 Å². The monoisotopic (exact) mass is 429 g/mol. The number of hydrogen-bond acceptors (Lipinski definition) is 5. The van der Waals surface area contributed by atoms with Gasteiger partial charge in [-0.25, -0.2) is 0 Å². The molecule has 164 valence electrons. The van der Waals surface area contributed by atoms with Crippen LogP contribution in [0.3, 0.4) is 0 Å². The number of rotatable bonds is 10. The molecule has 6 nitrogen and oxygen atoms in total. The van der Waals surface area contributed by atoms with Gasteiger partial charge in [0.2, 0.25) is 5.91 Å². The van der Waals surface area contributed by atoms with Crippen LogP contribution >= 0.6 is 11.8 Å². The average molecular weight is 430 g/mol. The lowest BCUT2D eigenvalue weighted by atomic mass is 9.88. The minimum absolute atomic E-state index is 0.0629. The first-order valence-electron chi connectivity index (χ1n) is 11.1. The predicted octanol–water partition coefficient (Wildman–Crippen LogP) is 4.38. The average Bonchev–Trinajstić information content (AvgIpc) is 3.13. The van der Waals surface area contributed by atoms with Gasteiger partial charge in [0.25, 0.3) is 0 Å². The molecule has 7 heteroatoms. The maximum atomic E-state index is 12.7. The molecule has 1 amide bonds. The van der Waals surface area contributed by atoms with Crippen LogP contribution in [0.2, 0.25) is 0 Å². The quantitative estimate of drug-likeness (QED) is 0.568. The van der Waals surface area contributed by atoms with Crippen LogP contribution in [0, 0.1) is 0 Å². The Morgan fingerprint density at radius 1 is 1.30 bits per heavy atom. The van der Waals surface area contributed by atoms with Crippen molar-refractivity contribution in [2.45, 2.75) is 76.2 Å². The zero-order valence-corrected chi connectivity index (χ0v) is 19.5. The Kier molecular flexibility index (Phi) is 8.33. The fourth-order valence-electron chi connectivity index (χ4n) is 4.23. The summed E-state index contributed by atoms with van der Waals surface area (Å²) < 4.78 is 2.21. The van der Waals surface area contributed by atoms with Gasteiger partial charge in [0.1, 0.15) is 0 Å². The summed E-state index contributed by atoms with van der Waals surface area (Å²) in [6, 6.07) is 8.81. The van der Waals surface area contributed by atoms with Gasteiger partial charge in [-0.2, -0.15) is 0 Å². The van der Waals surface area contributed by atoms with Crippen molar-refractivity contribution >= 4 is 17.7 Å². The van der Waals surface area contributed by atoms with E-state index in [1.165, 1.54) is 22.9 Å². The lowest BCUT2D eigenvalue weighted by Crippen LogP contribution is -2.32. The van der Waals surface area contributed by atoms with E-state index in [1.54, 1.807) is 0 Å². The predicted molar refractivity (Wildman–Crippen MR) is 123 cm³/mol. The van der Waals surface area contributed by atoms with Crippen LogP contribution < -0.4 is 5.32 Å². The molecule has 0 radical (unpaired) electrons. The smallest absolute Gasteiger partial charge is 0.230 e. The zero-order chi connectivity index (χ0) is 21.5. The molecule has 30 heavy (non-hydrogen) atoms. The third kappa shape index (κ3) is 5.43. The molecule has 1 aromatic carbocycles. The fourth-order valence-corrected chi connectivity index (χ4v) is 5.01. The second-order valence-electron chi connectivity index (χ2n) is 8.23. The SMILES string of the molecule is CCCCn1c(SCC(=O)N[C@H]2CCCc3ccccc32)nnc1[C@H](CC)N(C)C. The van der Waals surface area contributed by atoms with Gasteiger partial charge >= 0.3 is 0 Å². The van der Waals surface area contributed by atoms with Crippen molar-refractivity contribution in [2.24, 2.45) is 0 Å². The molecule has 0 fully saturated rings. The van der Waals surface area contributed by atoms with Crippen molar-refractivity contribution in [3.8, 4) is 0 Å². The normalized spacial score (nSPS) is 17.0. The van der Waals surface area contributed by atoms with Gasteiger partial charge in [0, 0.05) is 6.54 Å². The number of aromatic nitrogens is 3. The number of nitrogens with one attached hydrogen (secondary N) is 1. The number of benzene rings is 1. The van der Waals surface area contributed by atoms with Gasteiger partial charge in [-0.05, 0) is 57.3 Å². The summed E-state index contributed by atoms with van der Waals surface area (Å²) in [6.07, 6.45) is 6.39. The van der Waals surface area contributed by atoms with Crippen molar-refractivity contribution < 1.29 is 4.79 Å². The highest BCUT2D eigenvalue weighted by Crippen LogP contribution is 2.30. The Morgan fingerprint density at radius 3 is 2.83 bits per heavy atom. The molecule has 3 rings (SSSR count). The van der Waals surface area contributed by atoms with Crippen LogP contribution in [-0.4, -0.2) is 45.4 Å². The third-order valence-electron chi connectivity index (χ3n) is 5.83. The van der Waals surface area contributed by atoms with E-state index in [0.717, 1.165) is 56.1 Å². The highest BCUT2D eigenvalue weighted by Gasteiger charge is 2.24. The molecule has 1 aliphatic carbocycles. The molecule has 1 N–H and O–H groups in total. The van der Waals surface area contributed by atoms with Crippen LogP contribution in [0.15, 0.2) is 29.4 Å². The molecule has 0 saturated carbocycles. The van der Waals surface area contributed by atoms with Gasteiger partial charge in [-0.1, -0.05) is 56.3 Å². The number of amides is 1. The zero-order valence-electron chi connectivity index (χ0n) is 18.7. The van der Waals surface area contributed by atoms with E-state index < -0.39 is 0 Å². The third-order valence-corrected chi connectivity index (χ3v) is 6.79. The van der Waals surface area contributed by atoms with Crippen LogP contribution in [0.4, 0.5) is 0 Å². The summed E-state index contributed by atoms with van der Waals surface area (Å²) in [5.74, 6) is 1.43. The van der Waals surface area contributed by atoms with Crippen molar-refractivity contribution in [1.29, 1.82) is 0 Å². The maximum absolute atomic E-state index is 12.7. The van der Waals surface area contributed by atoms with Gasteiger partial charge in [0.15, 0.2) is 11.0 Å². The second kappa shape index (κ2) is 11.0. The molecule has 1 heterocycles. The number of fused-ring (bicyclic) bond motifs is 1. The number of nitrogens with zero attached hydrogens (tertiary/aromatic N) is 4. The summed E-state index contributed by atoms with van der Waals surface area (Å²) in [5, 5.41) is 13.0. The fraction of sp³-hybridized carbons (Fsp3) is 0.609. The molecule has 0 saturated heterocycles. The van der Waals surface area contributed by atoms with Crippen molar-refractivity contribution in [3.05, 3.63) is 41.2 Å². The first-order chi connectivity index (χ1) is 14.5. The number of carbonyl (C=O) groups excluding carboxylic acids is 1. The molecule has 2 atom stereocenters. The summed E-state index contributed by atoms with van der Waals surface area (Å²) in [6.45, 7) is 5.25. The highest BCUT2D eigenvalue weighted by atomic mass is 32.2. The van der Waals surface area contributed by atoms with Gasteiger partial charge in [-0.3, -0.25) is 9.69 Å². The molecule has 0 unspecified atom stereocenters. The van der Waals surface area contributed by atoms with E-state index in [4.69, 9.17) is 0 Å². The van der Waals surface area contributed by atoms with E-state index in [-0.39, 0.29) is 18.0 Å². The second-order valence-corrected chi connectivity index (χ2v) is 9.18. The number of thioether (sulfide) groups is 1. The van der Waals surface area contributed by atoms with Crippen molar-refractivity contribution in [3.63, 3.8) is 0 Å². The molecule has 1 aromatic heterocycles. The highest BCUT2D eigenvalue weighted by molar-refractivity contribution is 7.99. The first-order valence-corrected chi connectivity index (χ1v) is 12.1. The van der Waals surface area contributed by atoms with Crippen LogP contribution in [0.5, 0.6) is 0 Å². The lowest BCUT2D eigenvalue weighted by Gasteiger charge is -2.26. The van der Waals surface area contributed by atoms with Crippen molar-refractivity contribution in [2.75, 3.05) is 19.8 Å². The van der Waals surface area contributed by atoms with E-state index in [9.17, 15) is 4.79 Å². The molecular formula is C23H35N5OS. The van der Waals surface area contributed by atoms with E-state index in [2.05, 4.69) is 77.2 Å². The minimum atomic E-state index is 0.0629. The summed E-state index contributed by atoms with van der Waals surface area (Å²) in [4.78, 5) is 14.9. The van der Waals surface area contributed by atoms with Gasteiger partial charge in [0.05, 0.1) is 17.8 Å².